The number of nitrogens with one attached hydrogen (secondary N) is 1. The van der Waals surface area contributed by atoms with Crippen LogP contribution in [0.2, 0.25) is 0 Å². The van der Waals surface area contributed by atoms with Crippen LogP contribution in [-0.2, 0) is 0 Å². The van der Waals surface area contributed by atoms with E-state index >= 15 is 0 Å². The summed E-state index contributed by atoms with van der Waals surface area (Å²) < 4.78 is 26.2. The van der Waals surface area contributed by atoms with Gasteiger partial charge < -0.3 is 5.32 Å². The fraction of sp³-hybridized carbons (Fsp3) is 0.133. The molecule has 1 atom stereocenters. The Labute approximate surface area is 110 Å². The van der Waals surface area contributed by atoms with Crippen LogP contribution in [0, 0.1) is 11.6 Å². The fourth-order valence-corrected chi connectivity index (χ4v) is 1.75. The lowest BCUT2D eigenvalue weighted by Gasteiger charge is -2.14. The standard InChI is InChI=1S/C15H13F2NO/c1-10(11-6-8-12(16)9-7-11)18-15(19)13-4-2-3-5-14(13)17/h2-10H,1H3,(H,18,19)/t10-/m0/s1. The summed E-state index contributed by atoms with van der Waals surface area (Å²) in [7, 11) is 0. The molecule has 1 amide bonds. The second-order valence-corrected chi connectivity index (χ2v) is 4.23. The molecule has 2 nitrogen and oxygen atoms in total. The second-order valence-electron chi connectivity index (χ2n) is 4.23. The van der Waals surface area contributed by atoms with Crippen LogP contribution in [0.15, 0.2) is 48.5 Å². The molecule has 2 rings (SSSR count). The summed E-state index contributed by atoms with van der Waals surface area (Å²) >= 11 is 0. The minimum absolute atomic E-state index is 0.00328. The molecular formula is C15H13F2NO. The molecule has 0 unspecified atom stereocenters. The van der Waals surface area contributed by atoms with Gasteiger partial charge in [-0.25, -0.2) is 8.78 Å². The molecular weight excluding hydrogens is 248 g/mol. The first-order valence-electron chi connectivity index (χ1n) is 5.89. The van der Waals surface area contributed by atoms with Crippen LogP contribution in [0.4, 0.5) is 8.78 Å². The van der Waals surface area contributed by atoms with E-state index in [0.29, 0.717) is 0 Å². The monoisotopic (exact) mass is 261 g/mol. The van der Waals surface area contributed by atoms with Crippen molar-refractivity contribution in [2.24, 2.45) is 0 Å². The summed E-state index contributed by atoms with van der Waals surface area (Å²) in [6.45, 7) is 1.76. The summed E-state index contributed by atoms with van der Waals surface area (Å²) in [4.78, 5) is 11.9. The highest BCUT2D eigenvalue weighted by molar-refractivity contribution is 5.94. The van der Waals surface area contributed by atoms with Crippen LogP contribution in [0.25, 0.3) is 0 Å². The average molecular weight is 261 g/mol. The van der Waals surface area contributed by atoms with Crippen molar-refractivity contribution in [3.8, 4) is 0 Å². The Morgan fingerprint density at radius 3 is 2.32 bits per heavy atom. The van der Waals surface area contributed by atoms with Gasteiger partial charge in [0.1, 0.15) is 11.6 Å². The highest BCUT2D eigenvalue weighted by atomic mass is 19.1. The van der Waals surface area contributed by atoms with Crippen molar-refractivity contribution in [2.75, 3.05) is 0 Å². The Morgan fingerprint density at radius 1 is 1.05 bits per heavy atom. The van der Waals surface area contributed by atoms with E-state index in [9.17, 15) is 13.6 Å². The quantitative estimate of drug-likeness (QED) is 0.900. The number of halogens is 2. The van der Waals surface area contributed by atoms with Crippen molar-refractivity contribution in [2.45, 2.75) is 13.0 Å². The van der Waals surface area contributed by atoms with Crippen LogP contribution in [-0.4, -0.2) is 5.91 Å². The van der Waals surface area contributed by atoms with Crippen LogP contribution in [0.5, 0.6) is 0 Å². The zero-order chi connectivity index (χ0) is 13.8. The van der Waals surface area contributed by atoms with Crippen molar-refractivity contribution in [1.82, 2.24) is 5.32 Å². The molecule has 4 heteroatoms. The highest BCUT2D eigenvalue weighted by Gasteiger charge is 2.14. The van der Waals surface area contributed by atoms with Gasteiger partial charge in [0.2, 0.25) is 0 Å². The van der Waals surface area contributed by atoms with E-state index in [1.165, 1.54) is 30.3 Å². The molecule has 0 fully saturated rings. The van der Waals surface area contributed by atoms with Crippen molar-refractivity contribution in [1.29, 1.82) is 0 Å². The van der Waals surface area contributed by atoms with Gasteiger partial charge in [-0.05, 0) is 36.8 Å². The normalized spacial score (nSPS) is 11.9. The van der Waals surface area contributed by atoms with Crippen LogP contribution in [0.1, 0.15) is 28.9 Å². The van der Waals surface area contributed by atoms with Crippen molar-refractivity contribution >= 4 is 5.91 Å². The van der Waals surface area contributed by atoms with Crippen molar-refractivity contribution in [3.05, 3.63) is 71.3 Å². The number of carbonyl (C=O) groups is 1. The van der Waals surface area contributed by atoms with Gasteiger partial charge in [0, 0.05) is 0 Å². The van der Waals surface area contributed by atoms with Gasteiger partial charge in [0.15, 0.2) is 0 Å². The Balaban J connectivity index is 2.11. The lowest BCUT2D eigenvalue weighted by molar-refractivity contribution is 0.0936. The predicted octanol–water partition coefficient (Wildman–Crippen LogP) is 3.46. The molecule has 0 saturated carbocycles. The largest absolute Gasteiger partial charge is 0.345 e. The lowest BCUT2D eigenvalue weighted by Crippen LogP contribution is -2.27. The molecule has 0 aliphatic rings. The Hall–Kier alpha value is -2.23. The molecule has 19 heavy (non-hydrogen) atoms. The summed E-state index contributed by atoms with van der Waals surface area (Å²) in [6.07, 6.45) is 0. The molecule has 0 bridgehead atoms. The molecule has 0 heterocycles. The third kappa shape index (κ3) is 3.16. The van der Waals surface area contributed by atoms with Gasteiger partial charge in [0.05, 0.1) is 11.6 Å². The maximum atomic E-state index is 13.4. The Bertz CT molecular complexity index is 581. The SMILES string of the molecule is C[C@H](NC(=O)c1ccccc1F)c1ccc(F)cc1. The number of hydrogen-bond donors (Lipinski definition) is 1. The van der Waals surface area contributed by atoms with Crippen LogP contribution in [0.3, 0.4) is 0 Å². The zero-order valence-electron chi connectivity index (χ0n) is 10.4. The molecule has 2 aromatic rings. The van der Waals surface area contributed by atoms with E-state index in [1.807, 2.05) is 0 Å². The van der Waals surface area contributed by atoms with E-state index in [4.69, 9.17) is 0 Å². The average Bonchev–Trinajstić information content (AvgIpc) is 2.39. The Kier molecular flexibility index (Phi) is 3.90. The molecule has 1 N–H and O–H groups in total. The van der Waals surface area contributed by atoms with Crippen molar-refractivity contribution in [3.63, 3.8) is 0 Å². The first-order chi connectivity index (χ1) is 9.08. The van der Waals surface area contributed by atoms with Gasteiger partial charge in [-0.3, -0.25) is 4.79 Å². The molecule has 0 saturated heterocycles. The lowest BCUT2D eigenvalue weighted by atomic mass is 10.1. The minimum Gasteiger partial charge on any atom is -0.345 e. The zero-order valence-corrected chi connectivity index (χ0v) is 10.4. The van der Waals surface area contributed by atoms with Crippen LogP contribution >= 0.6 is 0 Å². The summed E-state index contributed by atoms with van der Waals surface area (Å²) in [6, 6.07) is 11.3. The number of carbonyl (C=O) groups excluding carboxylic acids is 1. The second kappa shape index (κ2) is 5.61. The van der Waals surface area contributed by atoms with Gasteiger partial charge in [0.25, 0.3) is 5.91 Å². The summed E-state index contributed by atoms with van der Waals surface area (Å²) in [5, 5.41) is 2.67. The molecule has 0 aromatic heterocycles. The molecule has 0 radical (unpaired) electrons. The number of benzene rings is 2. The van der Waals surface area contributed by atoms with E-state index in [1.54, 1.807) is 25.1 Å². The van der Waals surface area contributed by atoms with Gasteiger partial charge in [-0.1, -0.05) is 24.3 Å². The van der Waals surface area contributed by atoms with E-state index in [-0.39, 0.29) is 17.4 Å². The maximum Gasteiger partial charge on any atom is 0.254 e. The number of rotatable bonds is 3. The van der Waals surface area contributed by atoms with E-state index in [0.717, 1.165) is 5.56 Å². The topological polar surface area (TPSA) is 29.1 Å². The Morgan fingerprint density at radius 2 is 1.68 bits per heavy atom. The maximum absolute atomic E-state index is 13.4. The molecule has 98 valence electrons. The van der Waals surface area contributed by atoms with Gasteiger partial charge >= 0.3 is 0 Å². The van der Waals surface area contributed by atoms with E-state index in [2.05, 4.69) is 5.32 Å². The van der Waals surface area contributed by atoms with Gasteiger partial charge in [-0.2, -0.15) is 0 Å². The first-order valence-corrected chi connectivity index (χ1v) is 5.89. The fourth-order valence-electron chi connectivity index (χ4n) is 1.75. The van der Waals surface area contributed by atoms with Crippen molar-refractivity contribution < 1.29 is 13.6 Å². The molecule has 0 aliphatic carbocycles. The number of amides is 1. The predicted molar refractivity (Wildman–Crippen MR) is 68.7 cm³/mol. The first kappa shape index (κ1) is 13.2. The molecule has 2 aromatic carbocycles. The highest BCUT2D eigenvalue weighted by Crippen LogP contribution is 2.14. The smallest absolute Gasteiger partial charge is 0.254 e. The molecule has 0 spiro atoms. The third-order valence-corrected chi connectivity index (χ3v) is 2.84. The summed E-state index contributed by atoms with van der Waals surface area (Å²) in [5.74, 6) is -1.39. The minimum atomic E-state index is -0.564. The third-order valence-electron chi connectivity index (χ3n) is 2.84. The summed E-state index contributed by atoms with van der Waals surface area (Å²) in [5.41, 5.74) is 0.752. The van der Waals surface area contributed by atoms with Gasteiger partial charge in [-0.15, -0.1) is 0 Å². The van der Waals surface area contributed by atoms with Crippen LogP contribution < -0.4 is 5.32 Å². The number of hydrogen-bond acceptors (Lipinski definition) is 1. The van der Waals surface area contributed by atoms with E-state index < -0.39 is 11.7 Å². The molecule has 0 aliphatic heterocycles.